The molecule has 2 nitrogen and oxygen atoms in total. The molecule has 4 radical (unpaired) electrons. The van der Waals surface area contributed by atoms with E-state index >= 15 is 0 Å². The van der Waals surface area contributed by atoms with E-state index in [0.29, 0.717) is 0 Å². The molecule has 100 valence electrons. The van der Waals surface area contributed by atoms with Gasteiger partial charge >= 0.3 is 0 Å². The van der Waals surface area contributed by atoms with Gasteiger partial charge in [-0.15, -0.1) is 0 Å². The second kappa shape index (κ2) is 21.1. The summed E-state index contributed by atoms with van der Waals surface area (Å²) >= 11 is 0. The quantitative estimate of drug-likeness (QED) is 0.605. The van der Waals surface area contributed by atoms with Gasteiger partial charge in [-0.25, -0.2) is 0 Å². The Morgan fingerprint density at radius 2 is 0.882 bits per heavy atom. The Labute approximate surface area is 165 Å². The fraction of sp³-hybridized carbons (Fsp3) is 1.00. The van der Waals surface area contributed by atoms with Crippen LogP contribution in [0.25, 0.3) is 0 Å². The van der Waals surface area contributed by atoms with Gasteiger partial charge in [0.05, 0.1) is 0 Å². The third-order valence-corrected chi connectivity index (χ3v) is 3.06. The largest absolute Gasteiger partial charge is 0.421 e. The van der Waals surface area contributed by atoms with Crippen LogP contribution in [0, 0.1) is 0 Å². The maximum absolute atomic E-state index is 5.08. The fourth-order valence-corrected chi connectivity index (χ4v) is 0. The Bertz CT molecular complexity index is 118. The Morgan fingerprint density at radius 1 is 0.765 bits per heavy atom. The molecule has 0 aliphatic carbocycles. The molecule has 0 amide bonds. The van der Waals surface area contributed by atoms with Crippen molar-refractivity contribution in [1.29, 1.82) is 0 Å². The van der Waals surface area contributed by atoms with Crippen LogP contribution in [0.15, 0.2) is 0 Å². The van der Waals surface area contributed by atoms with Gasteiger partial charge in [0.2, 0.25) is 9.04 Å². The van der Waals surface area contributed by atoms with Gasteiger partial charge in [-0.2, -0.15) is 0 Å². The minimum atomic E-state index is -1.13. The van der Waals surface area contributed by atoms with Gasteiger partial charge in [0, 0.05) is 88.4 Å². The minimum absolute atomic E-state index is 0. The van der Waals surface area contributed by atoms with Crippen LogP contribution in [0.2, 0.25) is 52.4 Å². The molecule has 0 aromatic carbocycles. The second-order valence-corrected chi connectivity index (χ2v) is 14.8. The summed E-state index contributed by atoms with van der Waals surface area (Å²) in [6, 6.07) is 0. The van der Waals surface area contributed by atoms with Crippen LogP contribution < -0.4 is 0 Å². The maximum Gasteiger partial charge on any atom is 0.204 e. The zero-order valence-electron chi connectivity index (χ0n) is 13.5. The minimum Gasteiger partial charge on any atom is -0.421 e. The summed E-state index contributed by atoms with van der Waals surface area (Å²) in [5, 5.41) is 0. The number of rotatable bonds is 2. The Kier molecular flexibility index (Phi) is 39.6. The third kappa shape index (κ3) is 87.4. The van der Waals surface area contributed by atoms with Gasteiger partial charge in [0.25, 0.3) is 0 Å². The Hall–Kier alpha value is 2.78. The molecule has 0 N–H and O–H groups in total. The van der Waals surface area contributed by atoms with E-state index in [1.54, 1.807) is 14.2 Å². The van der Waals surface area contributed by atoms with Crippen molar-refractivity contribution in [2.24, 2.45) is 0 Å². The number of hydrogen-bond acceptors (Lipinski definition) is 2. The molecule has 0 saturated carbocycles. The van der Waals surface area contributed by atoms with Crippen molar-refractivity contribution >= 4 is 26.2 Å². The van der Waals surface area contributed by atoms with E-state index in [1.807, 2.05) is 0 Å². The molecule has 0 aliphatic rings. The zero-order valence-corrected chi connectivity index (χ0v) is 22.1. The third-order valence-electron chi connectivity index (χ3n) is 1.02. The Balaban J connectivity index is -0.0000000407. The van der Waals surface area contributed by atoms with Crippen LogP contribution in [0.1, 0.15) is 0 Å². The van der Waals surface area contributed by atoms with Crippen molar-refractivity contribution in [3.8, 4) is 0 Å². The molecule has 0 aromatic heterocycles. The van der Waals surface area contributed by atoms with Crippen LogP contribution in [0.5, 0.6) is 0 Å². The van der Waals surface area contributed by atoms with Crippen LogP contribution >= 0.6 is 0 Å². The predicted molar refractivity (Wildman–Crippen MR) is 78.2 cm³/mol. The molecule has 0 rings (SSSR count). The Morgan fingerprint density at radius 3 is 0.882 bits per heavy atom. The molecule has 0 aliphatic heterocycles. The molecule has 0 unspecified atom stereocenters. The molecule has 0 heterocycles. The monoisotopic (exact) mass is 444 g/mol. The summed E-state index contributed by atoms with van der Waals surface area (Å²) < 4.78 is 9.93. The van der Waals surface area contributed by atoms with Crippen molar-refractivity contribution in [3.63, 3.8) is 0 Å². The summed E-state index contributed by atoms with van der Waals surface area (Å²) in [5.41, 5.74) is 0. The molecule has 0 saturated heterocycles. The first-order valence-electron chi connectivity index (χ1n) is 5.22. The molecule has 17 heavy (non-hydrogen) atoms. The summed E-state index contributed by atoms with van der Waals surface area (Å²) in [5.74, 6) is 0. The molecule has 7 heteroatoms. The maximum atomic E-state index is 5.08. The van der Waals surface area contributed by atoms with Crippen molar-refractivity contribution in [3.05, 3.63) is 0 Å². The van der Waals surface area contributed by atoms with Crippen LogP contribution in [0.4, 0.5) is 0 Å². The summed E-state index contributed by atoms with van der Waals surface area (Å²) in [6.45, 7) is 17.5. The first-order chi connectivity index (χ1) is 6.56. The standard InChI is InChI=1S/C4H12OSi.C3H9OSi.C3H9Si.2Y/c1-5-6(2,3)4;1-4-5(2)3;1-4(2)3;;/h1-4H3;1-3H3;1-3H3;;. The van der Waals surface area contributed by atoms with Crippen LogP contribution in [-0.4, -0.2) is 40.4 Å². The van der Waals surface area contributed by atoms with Gasteiger partial charge in [0.15, 0.2) is 8.32 Å². The molecular weight excluding hydrogens is 414 g/mol. The topological polar surface area (TPSA) is 18.5 Å². The van der Waals surface area contributed by atoms with Gasteiger partial charge < -0.3 is 8.85 Å². The average molecular weight is 444 g/mol. The summed E-state index contributed by atoms with van der Waals surface area (Å²) in [7, 11) is 2.13. The molecule has 0 fully saturated rings. The van der Waals surface area contributed by atoms with Gasteiger partial charge in [-0.1, -0.05) is 19.6 Å². The first kappa shape index (κ1) is 31.9. The SMILES string of the molecule is CO[Si](C)(C)C.CO[Si](C)C.C[Si](C)C.[Y].[Y]. The van der Waals surface area contributed by atoms with E-state index in [1.165, 1.54) is 0 Å². The second-order valence-electron chi connectivity index (χ2n) is 4.93. The van der Waals surface area contributed by atoms with E-state index in [9.17, 15) is 0 Å². The van der Waals surface area contributed by atoms with E-state index in [0.717, 1.165) is 0 Å². The number of hydrogen-bond donors (Lipinski definition) is 0. The fourth-order valence-electron chi connectivity index (χ4n) is 0. The van der Waals surface area contributed by atoms with Crippen LogP contribution in [-0.2, 0) is 74.3 Å². The van der Waals surface area contributed by atoms with Gasteiger partial charge in [-0.3, -0.25) is 0 Å². The van der Waals surface area contributed by atoms with Crippen molar-refractivity contribution in [1.82, 2.24) is 0 Å². The zero-order chi connectivity index (χ0) is 13.1. The molecule has 0 atom stereocenters. The molecular formula is C10H30O2Si3Y2. The van der Waals surface area contributed by atoms with E-state index in [-0.39, 0.29) is 83.3 Å². The first-order valence-corrected chi connectivity index (χ1v) is 14.0. The van der Waals surface area contributed by atoms with Crippen LogP contribution in [0.3, 0.4) is 0 Å². The van der Waals surface area contributed by atoms with Crippen molar-refractivity contribution in [2.75, 3.05) is 14.2 Å². The summed E-state index contributed by atoms with van der Waals surface area (Å²) in [6.07, 6.45) is 0. The van der Waals surface area contributed by atoms with Gasteiger partial charge in [-0.05, 0) is 32.7 Å². The van der Waals surface area contributed by atoms with E-state index < -0.39 is 8.32 Å². The molecule has 0 bridgehead atoms. The normalized spacial score (nSPS) is 9.18. The van der Waals surface area contributed by atoms with Gasteiger partial charge in [0.1, 0.15) is 0 Å². The van der Waals surface area contributed by atoms with E-state index in [2.05, 4.69) is 52.4 Å². The average Bonchev–Trinajstić information content (AvgIpc) is 2.03. The predicted octanol–water partition coefficient (Wildman–Crippen LogP) is 3.72. The molecule has 0 aromatic rings. The summed E-state index contributed by atoms with van der Waals surface area (Å²) in [4.78, 5) is 0. The van der Waals surface area contributed by atoms with Crippen molar-refractivity contribution in [2.45, 2.75) is 52.4 Å². The smallest absolute Gasteiger partial charge is 0.204 e. The molecule has 0 spiro atoms. The van der Waals surface area contributed by atoms with Crippen molar-refractivity contribution < 1.29 is 74.3 Å². The van der Waals surface area contributed by atoms with E-state index in [4.69, 9.17) is 8.85 Å².